The van der Waals surface area contributed by atoms with Gasteiger partial charge in [0.15, 0.2) is 11.7 Å². The minimum absolute atomic E-state index is 0.0110. The highest BCUT2D eigenvalue weighted by molar-refractivity contribution is 5.99. The molecule has 1 fully saturated rings. The van der Waals surface area contributed by atoms with Crippen LogP contribution in [0.4, 0.5) is 0 Å². The summed E-state index contributed by atoms with van der Waals surface area (Å²) in [7, 11) is 0. The lowest BCUT2D eigenvalue weighted by Crippen LogP contribution is -2.62. The fourth-order valence-corrected chi connectivity index (χ4v) is 10.6. The number of aliphatic hydroxyl groups excluding tert-OH is 3. The maximum atomic E-state index is 15.6. The zero-order chi connectivity index (χ0) is 70.9. The topological polar surface area (TPSA) is 459 Å². The monoisotopic (exact) mass is 1320 g/mol. The Bertz CT molecular complexity index is 2900. The summed E-state index contributed by atoms with van der Waals surface area (Å²) in [6.07, 6.45) is -3.92. The summed E-state index contributed by atoms with van der Waals surface area (Å²) in [5, 5.41) is 59.9. The molecular weight excluding hydrogens is 1210 g/mol. The Hall–Kier alpha value is -8.08. The first-order valence-electron chi connectivity index (χ1n) is 32.3. The lowest BCUT2D eigenvalue weighted by Gasteiger charge is -2.34. The van der Waals surface area contributed by atoms with Crippen molar-refractivity contribution < 1.29 is 68.1 Å². The number of aliphatic hydroxyl groups is 3. The molecular formula is C66H106N14O14. The van der Waals surface area contributed by atoms with Crippen LogP contribution in [-0.4, -0.2) is 172 Å². The van der Waals surface area contributed by atoms with Crippen molar-refractivity contribution in [3.05, 3.63) is 71.8 Å². The van der Waals surface area contributed by atoms with Gasteiger partial charge < -0.3 is 85.7 Å². The van der Waals surface area contributed by atoms with E-state index in [9.17, 15) is 53.7 Å². The summed E-state index contributed by atoms with van der Waals surface area (Å²) in [6.45, 7) is 20.4. The molecule has 28 nitrogen and oxygen atoms in total. The first-order valence-corrected chi connectivity index (χ1v) is 32.3. The Balaban J connectivity index is 2.44. The van der Waals surface area contributed by atoms with Gasteiger partial charge >= 0.3 is 0 Å². The number of Topliss-reactive ketones (excluding diaryl/α,β-unsaturated/α-hetero) is 1. The molecule has 0 unspecified atom stereocenters. The van der Waals surface area contributed by atoms with Crippen LogP contribution in [-0.2, 0) is 59.2 Å². The molecule has 0 saturated carbocycles. The van der Waals surface area contributed by atoms with Gasteiger partial charge in [0.25, 0.3) is 0 Å². The standard InChI is InChI=1S/C66H106N14O14/c1-14-37(6)50-62(93)78-51(38(7)82)61(92)71-33-49(84)72-45(29-39-22-17-15-18-23-39)59(90)76-47(34-81)60(91)79-52(40-24-19-16-20-25-40)41(30-48(83)46(32-66(11,12)13)75-56(87)42(67)31-65(8,9)10)55(86)80-53(54(85)36(4)5)63(94)74-44(28-35(2)3)58(89)73-43(57(88)77-50)26-21-27-70-64(68)69/h15-20,22-25,35-38,41-47,50-54,81-82,85H,14,21,26-34,67H2,1-13H3,(H,71,92)(H,72,84)(H,73,89)(H,74,94)(H,75,87)(H,76,90)(H,77,88)(H,78,93)(H,79,91)(H,80,86)(H4,68,69,70)/t37-,38-,41-,42+,43+,44-,45-,46-,47-,50-,51-,52+,53-,54+/m0/s1. The number of rotatable bonds is 22. The molecule has 28 heteroatoms. The molecule has 1 heterocycles. The zero-order valence-corrected chi connectivity index (χ0v) is 56.8. The van der Waals surface area contributed by atoms with Crippen LogP contribution in [0.5, 0.6) is 0 Å². The third-order valence-electron chi connectivity index (χ3n) is 15.9. The van der Waals surface area contributed by atoms with Gasteiger partial charge in [0, 0.05) is 19.4 Å². The molecule has 14 atom stereocenters. The van der Waals surface area contributed by atoms with Crippen LogP contribution in [0, 0.1) is 34.5 Å². The minimum atomic E-state index is -1.92. The Morgan fingerprint density at radius 2 is 1.15 bits per heavy atom. The molecule has 3 rings (SSSR count). The number of aliphatic imine (C=N–C) groups is 1. The molecule has 524 valence electrons. The summed E-state index contributed by atoms with van der Waals surface area (Å²) in [6, 6.07) is 0.826. The molecule has 1 aliphatic rings. The number of nitrogens with one attached hydrogen (secondary N) is 10. The van der Waals surface area contributed by atoms with E-state index < -0.39 is 186 Å². The minimum Gasteiger partial charge on any atom is -0.394 e. The van der Waals surface area contributed by atoms with Gasteiger partial charge in [0.1, 0.15) is 42.3 Å². The second-order valence-corrected chi connectivity index (χ2v) is 27.7. The number of carbonyl (C=O) groups excluding carboxylic acids is 11. The number of hydrogen-bond acceptors (Lipinski definition) is 16. The number of carbonyl (C=O) groups is 11. The average molecular weight is 1320 g/mol. The fraction of sp³-hybridized carbons (Fsp3) is 0.636. The van der Waals surface area contributed by atoms with Crippen molar-refractivity contribution >= 4 is 70.8 Å². The molecule has 1 aliphatic heterocycles. The number of hydrogen-bond donors (Lipinski definition) is 16. The Kier molecular flexibility index (Phi) is 32.2. The van der Waals surface area contributed by atoms with Gasteiger partial charge in [-0.3, -0.25) is 57.7 Å². The van der Waals surface area contributed by atoms with Gasteiger partial charge in [0.05, 0.1) is 49.4 Å². The van der Waals surface area contributed by atoms with Gasteiger partial charge in [-0.1, -0.05) is 150 Å². The molecule has 2 aromatic carbocycles. The van der Waals surface area contributed by atoms with Crippen LogP contribution >= 0.6 is 0 Å². The molecule has 1 saturated heterocycles. The van der Waals surface area contributed by atoms with Crippen LogP contribution in [0.2, 0.25) is 0 Å². The normalized spacial score (nSPS) is 24.1. The van der Waals surface area contributed by atoms with E-state index in [1.165, 1.54) is 19.1 Å². The molecule has 10 amide bonds. The van der Waals surface area contributed by atoms with E-state index in [2.05, 4.69) is 58.2 Å². The second kappa shape index (κ2) is 37.7. The lowest BCUT2D eigenvalue weighted by atomic mass is 9.81. The first kappa shape index (κ1) is 80.2. The van der Waals surface area contributed by atoms with E-state index in [0.717, 1.165) is 0 Å². The smallest absolute Gasteiger partial charge is 0.245 e. The van der Waals surface area contributed by atoms with Gasteiger partial charge in [-0.25, -0.2) is 0 Å². The SMILES string of the molecule is CC[C@H](C)[C@@H]1NC(=O)[C@@H](CCCN=C(N)N)NC(=O)[C@H](CC(C)C)NC(=O)[C@H]([C@H](O)C(C)C)NC(=O)[C@@H](CC(=O)[C@H](CC(C)(C)C)NC(=O)[C@H](N)CC(C)(C)C)[C@@H](c2ccccc2)NC(=O)[C@H](CO)NC(=O)[C@H](Cc2ccccc2)NC(=O)CNC(=O)[C@H]([C@H](C)O)NC1=O. The van der Waals surface area contributed by atoms with Crippen molar-refractivity contribution in [2.45, 2.75) is 214 Å². The highest BCUT2D eigenvalue weighted by Crippen LogP contribution is 2.30. The summed E-state index contributed by atoms with van der Waals surface area (Å²) < 4.78 is 0. The molecule has 0 bridgehead atoms. The van der Waals surface area contributed by atoms with Gasteiger partial charge in [-0.15, -0.1) is 0 Å². The van der Waals surface area contributed by atoms with E-state index in [4.69, 9.17) is 17.2 Å². The molecule has 0 aliphatic carbocycles. The van der Waals surface area contributed by atoms with Gasteiger partial charge in [-0.2, -0.15) is 0 Å². The first-order chi connectivity index (χ1) is 43.9. The van der Waals surface area contributed by atoms with Crippen molar-refractivity contribution in [1.82, 2.24) is 53.2 Å². The maximum absolute atomic E-state index is 15.6. The van der Waals surface area contributed by atoms with Crippen molar-refractivity contribution in [3.8, 4) is 0 Å². The predicted octanol–water partition coefficient (Wildman–Crippen LogP) is -0.594. The van der Waals surface area contributed by atoms with E-state index in [-0.39, 0.29) is 68.9 Å². The van der Waals surface area contributed by atoms with Crippen LogP contribution < -0.4 is 70.4 Å². The number of nitrogens with zero attached hydrogens (tertiary/aromatic N) is 1. The molecule has 0 spiro atoms. The highest BCUT2D eigenvalue weighted by atomic mass is 16.3. The van der Waals surface area contributed by atoms with Crippen molar-refractivity contribution in [1.29, 1.82) is 0 Å². The van der Waals surface area contributed by atoms with Crippen LogP contribution in [0.25, 0.3) is 0 Å². The third kappa shape index (κ3) is 27.1. The average Bonchev–Trinajstić information content (AvgIpc) is 0.839. The van der Waals surface area contributed by atoms with Crippen molar-refractivity contribution in [2.75, 3.05) is 19.7 Å². The van der Waals surface area contributed by atoms with E-state index in [1.54, 1.807) is 90.1 Å². The maximum Gasteiger partial charge on any atom is 0.245 e. The number of ketones is 1. The number of amides is 10. The van der Waals surface area contributed by atoms with Crippen molar-refractivity contribution in [3.63, 3.8) is 0 Å². The number of guanidine groups is 1. The Morgan fingerprint density at radius 3 is 1.69 bits per heavy atom. The van der Waals surface area contributed by atoms with Gasteiger partial charge in [0.2, 0.25) is 59.1 Å². The predicted molar refractivity (Wildman–Crippen MR) is 354 cm³/mol. The summed E-state index contributed by atoms with van der Waals surface area (Å²) >= 11 is 0. The van der Waals surface area contributed by atoms with Crippen molar-refractivity contribution in [2.24, 2.45) is 56.7 Å². The van der Waals surface area contributed by atoms with Crippen LogP contribution in [0.3, 0.4) is 0 Å². The summed E-state index contributed by atoms with van der Waals surface area (Å²) in [4.78, 5) is 165. The Morgan fingerprint density at radius 1 is 0.628 bits per heavy atom. The number of benzene rings is 2. The van der Waals surface area contributed by atoms with E-state index >= 15 is 14.4 Å². The summed E-state index contributed by atoms with van der Waals surface area (Å²) in [5.41, 5.74) is 17.2. The fourth-order valence-electron chi connectivity index (χ4n) is 10.6. The van der Waals surface area contributed by atoms with Crippen LogP contribution in [0.1, 0.15) is 152 Å². The third-order valence-corrected chi connectivity index (χ3v) is 15.9. The lowest BCUT2D eigenvalue weighted by molar-refractivity contribution is -0.140. The quantitative estimate of drug-likeness (QED) is 0.0398. The van der Waals surface area contributed by atoms with Gasteiger partial charge in [-0.05, 0) is 78.7 Å². The largest absolute Gasteiger partial charge is 0.394 e. The molecule has 2 aromatic rings. The molecule has 0 radical (unpaired) electrons. The molecule has 94 heavy (non-hydrogen) atoms. The Labute approximate surface area is 552 Å². The molecule has 0 aromatic heterocycles. The van der Waals surface area contributed by atoms with E-state index in [0.29, 0.717) is 5.56 Å². The molecule has 19 N–H and O–H groups in total. The zero-order valence-electron chi connectivity index (χ0n) is 56.8. The summed E-state index contributed by atoms with van der Waals surface area (Å²) in [5.74, 6) is -14.3. The highest BCUT2D eigenvalue weighted by Gasteiger charge is 2.43. The van der Waals surface area contributed by atoms with Crippen LogP contribution in [0.15, 0.2) is 65.7 Å². The second-order valence-electron chi connectivity index (χ2n) is 27.7. The number of nitrogens with two attached hydrogens (primary N) is 3. The van der Waals surface area contributed by atoms with E-state index in [1.807, 2.05) is 41.5 Å².